The number of benzene rings is 2. The van der Waals surface area contributed by atoms with Gasteiger partial charge >= 0.3 is 0 Å². The number of carbonyl (C=O) groups excluding carboxylic acids is 1. The molecule has 150 valence electrons. The number of nitrogens with zero attached hydrogens (tertiary/aromatic N) is 1. The maximum Gasteiger partial charge on any atom is 0.264 e. The van der Waals surface area contributed by atoms with Gasteiger partial charge in [-0.1, -0.05) is 37.3 Å². The van der Waals surface area contributed by atoms with E-state index in [4.69, 9.17) is 4.74 Å². The van der Waals surface area contributed by atoms with Crippen molar-refractivity contribution in [3.05, 3.63) is 60.2 Å². The van der Waals surface area contributed by atoms with Crippen molar-refractivity contribution in [1.29, 1.82) is 0 Å². The molecular weight excluding hydrogens is 376 g/mol. The van der Waals surface area contributed by atoms with Crippen molar-refractivity contribution in [2.45, 2.75) is 37.2 Å². The molecule has 7 heteroatoms. The normalized spacial score (nSPS) is 16.7. The zero-order chi connectivity index (χ0) is 20.0. The Morgan fingerprint density at radius 3 is 2.46 bits per heavy atom. The van der Waals surface area contributed by atoms with Crippen molar-refractivity contribution in [3.8, 4) is 0 Å². The fourth-order valence-corrected chi connectivity index (χ4v) is 4.59. The number of nitrogens with one attached hydrogen (secondary N) is 1. The van der Waals surface area contributed by atoms with Gasteiger partial charge in [0, 0.05) is 13.2 Å². The minimum Gasteiger partial charge on any atom is -0.376 e. The van der Waals surface area contributed by atoms with E-state index >= 15 is 0 Å². The van der Waals surface area contributed by atoms with E-state index in [1.807, 2.05) is 19.1 Å². The summed E-state index contributed by atoms with van der Waals surface area (Å²) >= 11 is 0. The fraction of sp³-hybridized carbons (Fsp3) is 0.381. The summed E-state index contributed by atoms with van der Waals surface area (Å²) in [6, 6.07) is 15.4. The van der Waals surface area contributed by atoms with Gasteiger partial charge in [0.2, 0.25) is 5.91 Å². The summed E-state index contributed by atoms with van der Waals surface area (Å²) in [4.78, 5) is 12.7. The summed E-state index contributed by atoms with van der Waals surface area (Å²) in [7, 11) is -3.86. The molecule has 3 rings (SSSR count). The summed E-state index contributed by atoms with van der Waals surface area (Å²) in [6.45, 7) is 2.85. The molecule has 0 aliphatic carbocycles. The molecule has 1 heterocycles. The molecule has 6 nitrogen and oxygen atoms in total. The largest absolute Gasteiger partial charge is 0.376 e. The van der Waals surface area contributed by atoms with Crippen LogP contribution in [0.4, 0.5) is 5.69 Å². The number of amides is 1. The second kappa shape index (κ2) is 9.21. The summed E-state index contributed by atoms with van der Waals surface area (Å²) in [5.41, 5.74) is 1.57. The second-order valence-electron chi connectivity index (χ2n) is 6.78. The van der Waals surface area contributed by atoms with Crippen LogP contribution >= 0.6 is 0 Å². The van der Waals surface area contributed by atoms with Gasteiger partial charge in [-0.2, -0.15) is 0 Å². The molecule has 0 saturated carbocycles. The van der Waals surface area contributed by atoms with Crippen molar-refractivity contribution in [1.82, 2.24) is 5.32 Å². The van der Waals surface area contributed by atoms with Crippen molar-refractivity contribution in [3.63, 3.8) is 0 Å². The molecule has 0 spiro atoms. The minimum atomic E-state index is -3.86. The highest BCUT2D eigenvalue weighted by atomic mass is 32.2. The Balaban J connectivity index is 1.82. The van der Waals surface area contributed by atoms with Crippen LogP contribution < -0.4 is 9.62 Å². The molecule has 2 aromatic rings. The lowest BCUT2D eigenvalue weighted by Crippen LogP contribution is -2.42. The lowest BCUT2D eigenvalue weighted by Gasteiger charge is -2.24. The molecule has 1 saturated heterocycles. The van der Waals surface area contributed by atoms with Gasteiger partial charge in [0.15, 0.2) is 0 Å². The van der Waals surface area contributed by atoms with E-state index < -0.39 is 10.0 Å². The molecule has 2 aromatic carbocycles. The fourth-order valence-electron chi connectivity index (χ4n) is 3.15. The standard InChI is InChI=1S/C21H26N2O4S/c1-2-17-10-12-18(13-11-17)23(28(25,26)20-8-4-3-5-9-20)16-21(24)22-15-19-7-6-14-27-19/h3-5,8-13,19H,2,6-7,14-16H2,1H3,(H,22,24). The number of carbonyl (C=O) groups is 1. The van der Waals surface area contributed by atoms with Crippen LogP contribution in [-0.2, 0) is 26.0 Å². The first-order valence-corrected chi connectivity index (χ1v) is 11.0. The average Bonchev–Trinajstić information content (AvgIpc) is 3.25. The molecule has 28 heavy (non-hydrogen) atoms. The first-order chi connectivity index (χ1) is 13.5. The third-order valence-electron chi connectivity index (χ3n) is 4.80. The number of anilines is 1. The molecular formula is C21H26N2O4S. The molecule has 0 radical (unpaired) electrons. The highest BCUT2D eigenvalue weighted by Crippen LogP contribution is 2.24. The van der Waals surface area contributed by atoms with Crippen LogP contribution in [0.15, 0.2) is 59.5 Å². The zero-order valence-electron chi connectivity index (χ0n) is 16.0. The molecule has 1 N–H and O–H groups in total. The smallest absolute Gasteiger partial charge is 0.264 e. The van der Waals surface area contributed by atoms with Gasteiger partial charge in [0.25, 0.3) is 10.0 Å². The molecule has 1 aliphatic rings. The topological polar surface area (TPSA) is 75.7 Å². The van der Waals surface area contributed by atoms with E-state index in [2.05, 4.69) is 5.32 Å². The third kappa shape index (κ3) is 4.91. The Morgan fingerprint density at radius 2 is 1.86 bits per heavy atom. The highest BCUT2D eigenvalue weighted by Gasteiger charge is 2.27. The van der Waals surface area contributed by atoms with E-state index in [9.17, 15) is 13.2 Å². The van der Waals surface area contributed by atoms with Gasteiger partial charge in [-0.05, 0) is 49.1 Å². The maximum absolute atomic E-state index is 13.2. The van der Waals surface area contributed by atoms with Crippen LogP contribution in [0.3, 0.4) is 0 Å². The zero-order valence-corrected chi connectivity index (χ0v) is 16.8. The third-order valence-corrected chi connectivity index (χ3v) is 6.59. The van der Waals surface area contributed by atoms with Gasteiger partial charge in [0.05, 0.1) is 16.7 Å². The SMILES string of the molecule is CCc1ccc(N(CC(=O)NCC2CCCO2)S(=O)(=O)c2ccccc2)cc1. The number of rotatable bonds is 8. The number of ether oxygens (including phenoxy) is 1. The average molecular weight is 403 g/mol. The van der Waals surface area contributed by atoms with E-state index in [0.29, 0.717) is 18.8 Å². The summed E-state index contributed by atoms with van der Waals surface area (Å²) in [5, 5.41) is 2.80. The first-order valence-electron chi connectivity index (χ1n) is 9.55. The Bertz CT molecular complexity index is 876. The van der Waals surface area contributed by atoms with Crippen LogP contribution in [0, 0.1) is 0 Å². The number of hydrogen-bond donors (Lipinski definition) is 1. The summed E-state index contributed by atoms with van der Waals surface area (Å²) < 4.78 is 33.1. The van der Waals surface area contributed by atoms with Crippen molar-refractivity contribution < 1.29 is 17.9 Å². The summed E-state index contributed by atoms with van der Waals surface area (Å²) in [5.74, 6) is -0.352. The highest BCUT2D eigenvalue weighted by molar-refractivity contribution is 7.92. The van der Waals surface area contributed by atoms with Crippen LogP contribution in [-0.4, -0.2) is 40.1 Å². The molecule has 1 aliphatic heterocycles. The Morgan fingerprint density at radius 1 is 1.14 bits per heavy atom. The predicted octanol–water partition coefficient (Wildman–Crippen LogP) is 2.74. The summed E-state index contributed by atoms with van der Waals surface area (Å²) in [6.07, 6.45) is 2.75. The molecule has 0 bridgehead atoms. The van der Waals surface area contributed by atoms with Gasteiger partial charge in [-0.15, -0.1) is 0 Å². The van der Waals surface area contributed by atoms with E-state index in [1.165, 1.54) is 12.1 Å². The molecule has 1 amide bonds. The van der Waals surface area contributed by atoms with Crippen LogP contribution in [0.2, 0.25) is 0 Å². The van der Waals surface area contributed by atoms with Crippen LogP contribution in [0.5, 0.6) is 0 Å². The quantitative estimate of drug-likeness (QED) is 0.737. The van der Waals surface area contributed by atoms with E-state index in [-0.39, 0.29) is 23.5 Å². The lowest BCUT2D eigenvalue weighted by atomic mass is 10.1. The van der Waals surface area contributed by atoms with E-state index in [1.54, 1.807) is 30.3 Å². The predicted molar refractivity (Wildman–Crippen MR) is 109 cm³/mol. The van der Waals surface area contributed by atoms with E-state index in [0.717, 1.165) is 29.1 Å². The van der Waals surface area contributed by atoms with Gasteiger partial charge in [-0.25, -0.2) is 8.42 Å². The van der Waals surface area contributed by atoms with Crippen molar-refractivity contribution in [2.24, 2.45) is 0 Å². The van der Waals surface area contributed by atoms with Crippen LogP contribution in [0.1, 0.15) is 25.3 Å². The number of sulfonamides is 1. The van der Waals surface area contributed by atoms with Crippen LogP contribution in [0.25, 0.3) is 0 Å². The van der Waals surface area contributed by atoms with Gasteiger partial charge in [0.1, 0.15) is 6.54 Å². The van der Waals surface area contributed by atoms with Crippen molar-refractivity contribution >= 4 is 21.6 Å². The monoisotopic (exact) mass is 402 g/mol. The van der Waals surface area contributed by atoms with Gasteiger partial charge in [-0.3, -0.25) is 9.10 Å². The Hall–Kier alpha value is -2.38. The number of hydrogen-bond acceptors (Lipinski definition) is 4. The minimum absolute atomic E-state index is 0.00645. The maximum atomic E-state index is 13.2. The molecule has 1 fully saturated rings. The molecule has 1 atom stereocenters. The second-order valence-corrected chi connectivity index (χ2v) is 8.65. The van der Waals surface area contributed by atoms with Gasteiger partial charge < -0.3 is 10.1 Å². The Labute approximate surface area is 166 Å². The lowest BCUT2D eigenvalue weighted by molar-refractivity contribution is -0.120. The van der Waals surface area contributed by atoms with Crippen molar-refractivity contribution in [2.75, 3.05) is 24.0 Å². The molecule has 1 unspecified atom stereocenters. The molecule has 0 aromatic heterocycles. The Kier molecular flexibility index (Phi) is 6.70. The first kappa shape index (κ1) is 20.4. The number of aryl methyl sites for hydroxylation is 1.